The van der Waals surface area contributed by atoms with E-state index in [1.807, 2.05) is 13.8 Å². The summed E-state index contributed by atoms with van der Waals surface area (Å²) >= 11 is 3.24. The van der Waals surface area contributed by atoms with Gasteiger partial charge in [0, 0.05) is 25.2 Å². The zero-order valence-electron chi connectivity index (χ0n) is 13.4. The Bertz CT molecular complexity index is 902. The van der Waals surface area contributed by atoms with Crippen molar-refractivity contribution < 1.29 is 13.9 Å². The predicted octanol–water partition coefficient (Wildman–Crippen LogP) is 3.17. The molecule has 2 N–H and O–H groups in total. The first-order valence-electron chi connectivity index (χ1n) is 7.22. The number of amides is 1. The van der Waals surface area contributed by atoms with Crippen LogP contribution in [0, 0.1) is 0 Å². The molecule has 9 heteroatoms. The number of nitrogen functional groups attached to an aromatic ring is 1. The Morgan fingerprint density at radius 1 is 1.42 bits per heavy atom. The Labute approximate surface area is 146 Å². The summed E-state index contributed by atoms with van der Waals surface area (Å²) in [6.07, 6.45) is -0.469. The van der Waals surface area contributed by atoms with E-state index in [9.17, 15) is 4.79 Å². The summed E-state index contributed by atoms with van der Waals surface area (Å²) in [6.45, 7) is 3.79. The molecule has 1 amide bonds. The van der Waals surface area contributed by atoms with Crippen LogP contribution < -0.4 is 10.5 Å². The molecule has 24 heavy (non-hydrogen) atoms. The van der Waals surface area contributed by atoms with E-state index < -0.39 is 6.09 Å². The third kappa shape index (κ3) is 3.07. The highest BCUT2D eigenvalue weighted by molar-refractivity contribution is 9.10. The van der Waals surface area contributed by atoms with Crippen molar-refractivity contribution in [2.75, 3.05) is 12.8 Å². The third-order valence-corrected chi connectivity index (χ3v) is 3.93. The zero-order valence-corrected chi connectivity index (χ0v) is 14.9. The van der Waals surface area contributed by atoms with Crippen molar-refractivity contribution in [2.45, 2.75) is 19.9 Å². The highest BCUT2D eigenvalue weighted by atomic mass is 79.9. The minimum Gasteiger partial charge on any atom is -0.446 e. The van der Waals surface area contributed by atoms with Crippen LogP contribution in [0.3, 0.4) is 0 Å². The quantitative estimate of drug-likeness (QED) is 0.733. The van der Waals surface area contributed by atoms with Crippen LogP contribution in [0.4, 0.5) is 10.6 Å². The molecule has 0 unspecified atom stereocenters. The molecule has 126 valence electrons. The number of nitrogens with zero attached hydrogens (tertiary/aromatic N) is 4. The van der Waals surface area contributed by atoms with Crippen LogP contribution in [0.25, 0.3) is 17.2 Å². The van der Waals surface area contributed by atoms with E-state index in [1.54, 1.807) is 25.2 Å². The average Bonchev–Trinajstić information content (AvgIpc) is 3.12. The molecule has 0 radical (unpaired) electrons. The molecule has 0 aliphatic carbocycles. The van der Waals surface area contributed by atoms with Crippen molar-refractivity contribution in [3.63, 3.8) is 0 Å². The first kappa shape index (κ1) is 16.3. The van der Waals surface area contributed by atoms with Crippen LogP contribution in [0.5, 0.6) is 5.75 Å². The van der Waals surface area contributed by atoms with Gasteiger partial charge in [0.2, 0.25) is 5.82 Å². The Hall–Kier alpha value is -2.55. The van der Waals surface area contributed by atoms with Crippen LogP contribution in [0.1, 0.15) is 13.8 Å². The molecule has 0 aromatic carbocycles. The van der Waals surface area contributed by atoms with E-state index in [-0.39, 0.29) is 6.04 Å². The van der Waals surface area contributed by atoms with Gasteiger partial charge in [0.15, 0.2) is 16.1 Å². The van der Waals surface area contributed by atoms with Gasteiger partial charge in [0.25, 0.3) is 0 Å². The number of hydrogen-bond acceptors (Lipinski definition) is 6. The van der Waals surface area contributed by atoms with E-state index in [1.165, 1.54) is 15.5 Å². The molecule has 0 spiro atoms. The smallest absolute Gasteiger partial charge is 0.415 e. The largest absolute Gasteiger partial charge is 0.446 e. The van der Waals surface area contributed by atoms with E-state index >= 15 is 0 Å². The molecule has 0 saturated carbocycles. The maximum Gasteiger partial charge on any atom is 0.415 e. The Balaban J connectivity index is 1.93. The van der Waals surface area contributed by atoms with Crippen LogP contribution in [0.2, 0.25) is 0 Å². The van der Waals surface area contributed by atoms with Crippen LogP contribution in [-0.4, -0.2) is 38.7 Å². The highest BCUT2D eigenvalue weighted by Crippen LogP contribution is 2.25. The lowest BCUT2D eigenvalue weighted by Gasteiger charge is -2.20. The molecule has 8 nitrogen and oxygen atoms in total. The molecule has 0 saturated heterocycles. The maximum atomic E-state index is 12.0. The monoisotopic (exact) mass is 393 g/mol. The SMILES string of the molecule is CC(C)N(C)C(=O)Oc1cc(N)n2nc(-c3ccc(Br)o3)nc2c1. The number of ether oxygens (including phenoxy) is 1. The van der Waals surface area contributed by atoms with Gasteiger partial charge in [-0.05, 0) is 41.9 Å². The summed E-state index contributed by atoms with van der Waals surface area (Å²) in [6, 6.07) is 6.63. The third-order valence-electron chi connectivity index (χ3n) is 3.50. The summed E-state index contributed by atoms with van der Waals surface area (Å²) in [7, 11) is 1.67. The number of carbonyl (C=O) groups is 1. The summed E-state index contributed by atoms with van der Waals surface area (Å²) in [5.41, 5.74) is 6.43. The van der Waals surface area contributed by atoms with Gasteiger partial charge in [0.1, 0.15) is 11.6 Å². The van der Waals surface area contributed by atoms with Crippen molar-refractivity contribution in [3.8, 4) is 17.3 Å². The summed E-state index contributed by atoms with van der Waals surface area (Å²) in [4.78, 5) is 17.9. The zero-order chi connectivity index (χ0) is 17.4. The van der Waals surface area contributed by atoms with Gasteiger partial charge in [0.05, 0.1) is 0 Å². The minimum atomic E-state index is -0.469. The lowest BCUT2D eigenvalue weighted by Crippen LogP contribution is -2.35. The van der Waals surface area contributed by atoms with Gasteiger partial charge in [-0.2, -0.15) is 4.52 Å². The number of aromatic nitrogens is 3. The molecule has 0 atom stereocenters. The number of furan rings is 1. The molecule has 3 aromatic rings. The molecular weight excluding hydrogens is 378 g/mol. The lowest BCUT2D eigenvalue weighted by atomic mass is 10.4. The van der Waals surface area contributed by atoms with Crippen molar-refractivity contribution in [3.05, 3.63) is 28.9 Å². The molecule has 3 heterocycles. The van der Waals surface area contributed by atoms with Crippen LogP contribution >= 0.6 is 15.9 Å². The van der Waals surface area contributed by atoms with Crippen LogP contribution in [-0.2, 0) is 0 Å². The van der Waals surface area contributed by atoms with E-state index in [4.69, 9.17) is 14.9 Å². The number of pyridine rings is 1. The number of rotatable bonds is 3. The van der Waals surface area contributed by atoms with Gasteiger partial charge in [-0.1, -0.05) is 0 Å². The van der Waals surface area contributed by atoms with E-state index in [2.05, 4.69) is 26.0 Å². The fraction of sp³-hybridized carbons (Fsp3) is 0.267. The fourth-order valence-corrected chi connectivity index (χ4v) is 2.27. The molecule has 3 aromatic heterocycles. The van der Waals surface area contributed by atoms with Crippen molar-refractivity contribution in [1.82, 2.24) is 19.5 Å². The van der Waals surface area contributed by atoms with Gasteiger partial charge in [-0.3, -0.25) is 0 Å². The first-order valence-corrected chi connectivity index (χ1v) is 8.01. The number of anilines is 1. The molecule has 0 aliphatic rings. The van der Waals surface area contributed by atoms with Crippen molar-refractivity contribution >= 4 is 33.5 Å². The number of nitrogens with two attached hydrogens (primary N) is 1. The second kappa shape index (κ2) is 6.16. The summed E-state index contributed by atoms with van der Waals surface area (Å²) in [5, 5.41) is 4.29. The second-order valence-corrected chi connectivity index (χ2v) is 6.28. The minimum absolute atomic E-state index is 0.0238. The van der Waals surface area contributed by atoms with Gasteiger partial charge < -0.3 is 19.8 Å². The Morgan fingerprint density at radius 3 is 2.79 bits per heavy atom. The van der Waals surface area contributed by atoms with E-state index in [0.29, 0.717) is 33.5 Å². The summed E-state index contributed by atoms with van der Waals surface area (Å²) in [5.74, 6) is 1.49. The fourth-order valence-electron chi connectivity index (χ4n) is 1.96. The first-order chi connectivity index (χ1) is 11.3. The molecule has 0 fully saturated rings. The molecular formula is C15H16BrN5O3. The topological polar surface area (TPSA) is 98.9 Å². The van der Waals surface area contributed by atoms with Crippen LogP contribution in [0.15, 0.2) is 33.4 Å². The highest BCUT2D eigenvalue weighted by Gasteiger charge is 2.17. The van der Waals surface area contributed by atoms with E-state index in [0.717, 1.165) is 0 Å². The second-order valence-electron chi connectivity index (χ2n) is 5.50. The number of hydrogen-bond donors (Lipinski definition) is 1. The molecule has 0 bridgehead atoms. The van der Waals surface area contributed by atoms with Gasteiger partial charge >= 0.3 is 6.09 Å². The molecule has 3 rings (SSSR count). The van der Waals surface area contributed by atoms with Crippen molar-refractivity contribution in [1.29, 1.82) is 0 Å². The maximum absolute atomic E-state index is 12.0. The average molecular weight is 394 g/mol. The lowest BCUT2D eigenvalue weighted by molar-refractivity contribution is 0.152. The number of carbonyl (C=O) groups excluding carboxylic acids is 1. The standard InChI is InChI=1S/C15H16BrN5O3/c1-8(2)20(3)15(22)23-9-6-12(17)21-13(7-9)18-14(19-21)10-4-5-11(16)24-10/h4-8H,17H2,1-3H3. The number of halogens is 1. The normalized spacial score (nSPS) is 11.2. The number of fused-ring (bicyclic) bond motifs is 1. The Morgan fingerprint density at radius 2 is 2.17 bits per heavy atom. The molecule has 0 aliphatic heterocycles. The predicted molar refractivity (Wildman–Crippen MR) is 91.7 cm³/mol. The Kier molecular flexibility index (Phi) is 4.18. The summed E-state index contributed by atoms with van der Waals surface area (Å²) < 4.78 is 12.8. The van der Waals surface area contributed by atoms with Crippen molar-refractivity contribution in [2.24, 2.45) is 0 Å². The van der Waals surface area contributed by atoms with Gasteiger partial charge in [-0.25, -0.2) is 9.78 Å². The van der Waals surface area contributed by atoms with Gasteiger partial charge in [-0.15, -0.1) is 5.10 Å².